The third-order valence-corrected chi connectivity index (χ3v) is 2.73. The highest BCUT2D eigenvalue weighted by Crippen LogP contribution is 2.03. The Hall–Kier alpha value is -1.55. The molecule has 0 aliphatic rings. The Morgan fingerprint density at radius 1 is 1.53 bits per heavy atom. The molecular formula is C13H19N3O. The standard InChI is InChI=1S/C13H19N3O/c1-12(10-13-4-2-9-17-13)15-5-3-7-16-8-6-14-11-16/h2,4,6,8-9,11-12,15H,3,5,7,10H2,1H3. The van der Waals surface area contributed by atoms with Gasteiger partial charge in [0.05, 0.1) is 12.6 Å². The van der Waals surface area contributed by atoms with Crippen LogP contribution in [0.15, 0.2) is 41.5 Å². The van der Waals surface area contributed by atoms with Crippen LogP contribution in [-0.4, -0.2) is 22.1 Å². The summed E-state index contributed by atoms with van der Waals surface area (Å²) in [4.78, 5) is 4.02. The average Bonchev–Trinajstić information content (AvgIpc) is 2.96. The highest BCUT2D eigenvalue weighted by Gasteiger charge is 2.04. The van der Waals surface area contributed by atoms with Gasteiger partial charge in [-0.05, 0) is 32.0 Å². The van der Waals surface area contributed by atoms with Crippen LogP contribution < -0.4 is 5.32 Å². The third-order valence-electron chi connectivity index (χ3n) is 2.73. The molecule has 1 N–H and O–H groups in total. The predicted octanol–water partition coefficient (Wildman–Crippen LogP) is 2.09. The normalized spacial score (nSPS) is 12.8. The van der Waals surface area contributed by atoms with Crippen LogP contribution in [0.3, 0.4) is 0 Å². The third kappa shape index (κ3) is 4.07. The molecule has 2 heterocycles. The number of hydrogen-bond acceptors (Lipinski definition) is 3. The Labute approximate surface area is 102 Å². The zero-order valence-corrected chi connectivity index (χ0v) is 10.2. The molecule has 4 nitrogen and oxygen atoms in total. The predicted molar refractivity (Wildman–Crippen MR) is 66.7 cm³/mol. The molecule has 0 saturated carbocycles. The van der Waals surface area contributed by atoms with Crippen LogP contribution in [0.4, 0.5) is 0 Å². The van der Waals surface area contributed by atoms with E-state index in [2.05, 4.69) is 21.8 Å². The highest BCUT2D eigenvalue weighted by molar-refractivity contribution is 4.99. The minimum absolute atomic E-state index is 0.448. The quantitative estimate of drug-likeness (QED) is 0.745. The summed E-state index contributed by atoms with van der Waals surface area (Å²) in [6.45, 7) is 4.21. The van der Waals surface area contributed by atoms with Gasteiger partial charge in [-0.15, -0.1) is 0 Å². The van der Waals surface area contributed by atoms with Gasteiger partial charge >= 0.3 is 0 Å². The van der Waals surface area contributed by atoms with Gasteiger partial charge in [-0.2, -0.15) is 0 Å². The molecule has 2 aromatic heterocycles. The van der Waals surface area contributed by atoms with Crippen molar-refractivity contribution in [2.24, 2.45) is 0 Å². The second-order valence-electron chi connectivity index (χ2n) is 4.29. The average molecular weight is 233 g/mol. The molecule has 0 fully saturated rings. The minimum atomic E-state index is 0.448. The number of rotatable bonds is 7. The van der Waals surface area contributed by atoms with E-state index in [4.69, 9.17) is 4.42 Å². The fraction of sp³-hybridized carbons (Fsp3) is 0.462. The van der Waals surface area contributed by atoms with Crippen LogP contribution in [-0.2, 0) is 13.0 Å². The molecule has 1 atom stereocenters. The van der Waals surface area contributed by atoms with Crippen LogP contribution in [0.25, 0.3) is 0 Å². The molecule has 17 heavy (non-hydrogen) atoms. The monoisotopic (exact) mass is 233 g/mol. The molecule has 0 saturated heterocycles. The van der Waals surface area contributed by atoms with E-state index < -0.39 is 0 Å². The summed E-state index contributed by atoms with van der Waals surface area (Å²) < 4.78 is 7.41. The van der Waals surface area contributed by atoms with Crippen LogP contribution in [0, 0.1) is 0 Å². The van der Waals surface area contributed by atoms with Gasteiger partial charge in [0.2, 0.25) is 0 Å². The Bertz CT molecular complexity index is 394. The lowest BCUT2D eigenvalue weighted by Gasteiger charge is -2.12. The van der Waals surface area contributed by atoms with Crippen molar-refractivity contribution in [1.29, 1.82) is 0 Å². The van der Waals surface area contributed by atoms with Crippen molar-refractivity contribution in [3.05, 3.63) is 42.9 Å². The fourth-order valence-corrected chi connectivity index (χ4v) is 1.83. The maximum atomic E-state index is 5.32. The van der Waals surface area contributed by atoms with Gasteiger partial charge in [0, 0.05) is 31.4 Å². The zero-order chi connectivity index (χ0) is 11.9. The second-order valence-corrected chi connectivity index (χ2v) is 4.29. The first kappa shape index (κ1) is 11.9. The summed E-state index contributed by atoms with van der Waals surface area (Å²) in [7, 11) is 0. The molecule has 2 aromatic rings. The van der Waals surface area contributed by atoms with E-state index in [0.29, 0.717) is 6.04 Å². The molecule has 0 aromatic carbocycles. The molecule has 0 spiro atoms. The maximum Gasteiger partial charge on any atom is 0.105 e. The molecule has 0 radical (unpaired) electrons. The Kier molecular flexibility index (Phi) is 4.38. The molecule has 0 aliphatic carbocycles. The summed E-state index contributed by atoms with van der Waals surface area (Å²) in [6.07, 6.45) is 9.43. The number of imidazole rings is 1. The molecule has 1 unspecified atom stereocenters. The summed E-state index contributed by atoms with van der Waals surface area (Å²) in [5.74, 6) is 1.04. The summed E-state index contributed by atoms with van der Waals surface area (Å²) in [5.41, 5.74) is 0. The summed E-state index contributed by atoms with van der Waals surface area (Å²) >= 11 is 0. The Morgan fingerprint density at radius 3 is 3.18 bits per heavy atom. The van der Waals surface area contributed by atoms with Crippen LogP contribution >= 0.6 is 0 Å². The van der Waals surface area contributed by atoms with Crippen molar-refractivity contribution in [3.63, 3.8) is 0 Å². The van der Waals surface area contributed by atoms with Crippen molar-refractivity contribution >= 4 is 0 Å². The van der Waals surface area contributed by atoms with Crippen molar-refractivity contribution in [1.82, 2.24) is 14.9 Å². The SMILES string of the molecule is CC(Cc1ccco1)NCCCn1ccnc1. The van der Waals surface area contributed by atoms with E-state index in [1.54, 1.807) is 6.26 Å². The molecule has 4 heteroatoms. The van der Waals surface area contributed by atoms with E-state index in [9.17, 15) is 0 Å². The van der Waals surface area contributed by atoms with Gasteiger partial charge < -0.3 is 14.3 Å². The molecule has 0 bridgehead atoms. The van der Waals surface area contributed by atoms with Gasteiger partial charge in [0.1, 0.15) is 5.76 Å². The van der Waals surface area contributed by atoms with E-state index in [1.807, 2.05) is 30.9 Å². The Morgan fingerprint density at radius 2 is 2.47 bits per heavy atom. The number of nitrogens with one attached hydrogen (secondary N) is 1. The Balaban J connectivity index is 1.58. The van der Waals surface area contributed by atoms with Crippen molar-refractivity contribution in [3.8, 4) is 0 Å². The van der Waals surface area contributed by atoms with Gasteiger partial charge in [-0.25, -0.2) is 4.98 Å². The first-order valence-electron chi connectivity index (χ1n) is 6.06. The summed E-state index contributed by atoms with van der Waals surface area (Å²) in [6, 6.07) is 4.40. The topological polar surface area (TPSA) is 43.0 Å². The molecule has 0 amide bonds. The minimum Gasteiger partial charge on any atom is -0.469 e. The van der Waals surface area contributed by atoms with E-state index in [1.165, 1.54) is 0 Å². The van der Waals surface area contributed by atoms with Gasteiger partial charge in [0.25, 0.3) is 0 Å². The van der Waals surface area contributed by atoms with E-state index in [0.717, 1.165) is 31.7 Å². The lowest BCUT2D eigenvalue weighted by molar-refractivity contribution is 0.449. The smallest absolute Gasteiger partial charge is 0.105 e. The highest BCUT2D eigenvalue weighted by atomic mass is 16.3. The first-order valence-corrected chi connectivity index (χ1v) is 6.06. The van der Waals surface area contributed by atoms with Crippen molar-refractivity contribution < 1.29 is 4.42 Å². The van der Waals surface area contributed by atoms with Gasteiger partial charge in [-0.3, -0.25) is 0 Å². The number of furan rings is 1. The number of aromatic nitrogens is 2. The van der Waals surface area contributed by atoms with Gasteiger partial charge in [-0.1, -0.05) is 0 Å². The van der Waals surface area contributed by atoms with E-state index >= 15 is 0 Å². The molecule has 92 valence electrons. The lowest BCUT2D eigenvalue weighted by Crippen LogP contribution is -2.29. The van der Waals surface area contributed by atoms with Crippen molar-refractivity contribution in [2.45, 2.75) is 32.4 Å². The first-order chi connectivity index (χ1) is 8.34. The van der Waals surface area contributed by atoms with Crippen LogP contribution in [0.2, 0.25) is 0 Å². The van der Waals surface area contributed by atoms with E-state index in [-0.39, 0.29) is 0 Å². The fourth-order valence-electron chi connectivity index (χ4n) is 1.83. The zero-order valence-electron chi connectivity index (χ0n) is 10.2. The van der Waals surface area contributed by atoms with Crippen LogP contribution in [0.5, 0.6) is 0 Å². The van der Waals surface area contributed by atoms with Gasteiger partial charge in [0.15, 0.2) is 0 Å². The molecular weight excluding hydrogens is 214 g/mol. The maximum absolute atomic E-state index is 5.32. The van der Waals surface area contributed by atoms with Crippen molar-refractivity contribution in [2.75, 3.05) is 6.54 Å². The number of nitrogens with zero attached hydrogens (tertiary/aromatic N) is 2. The lowest BCUT2D eigenvalue weighted by atomic mass is 10.2. The summed E-state index contributed by atoms with van der Waals surface area (Å²) in [5, 5.41) is 3.49. The second kappa shape index (κ2) is 6.25. The molecule has 0 aliphatic heterocycles. The molecule has 2 rings (SSSR count). The number of aryl methyl sites for hydroxylation is 1. The van der Waals surface area contributed by atoms with Crippen LogP contribution in [0.1, 0.15) is 19.1 Å². The number of hydrogen-bond donors (Lipinski definition) is 1. The largest absolute Gasteiger partial charge is 0.469 e.